The summed E-state index contributed by atoms with van der Waals surface area (Å²) in [5.74, 6) is 1.82. The second kappa shape index (κ2) is 10.5. The number of nitrogens with zero attached hydrogens (tertiary/aromatic N) is 1. The van der Waals surface area contributed by atoms with Crippen LogP contribution in [0.4, 0.5) is 4.79 Å². The summed E-state index contributed by atoms with van der Waals surface area (Å²) in [6, 6.07) is 9.03. The fourth-order valence-corrected chi connectivity index (χ4v) is 4.99. The van der Waals surface area contributed by atoms with Crippen LogP contribution in [-0.2, 0) is 14.0 Å². The Balaban J connectivity index is 2.43. The van der Waals surface area contributed by atoms with Crippen LogP contribution in [0.2, 0.25) is 18.1 Å². The van der Waals surface area contributed by atoms with Gasteiger partial charge in [0.1, 0.15) is 12.6 Å². The predicted molar refractivity (Wildman–Crippen MR) is 130 cm³/mol. The molecule has 2 rings (SSSR count). The summed E-state index contributed by atoms with van der Waals surface area (Å²) in [6.45, 7) is 16.8. The smallest absolute Gasteiger partial charge is 0.417 e. The summed E-state index contributed by atoms with van der Waals surface area (Å²) >= 11 is 0. The van der Waals surface area contributed by atoms with Crippen molar-refractivity contribution in [2.75, 3.05) is 6.61 Å². The molecule has 0 aromatic heterocycles. The first-order valence-electron chi connectivity index (χ1n) is 11.2. The van der Waals surface area contributed by atoms with Gasteiger partial charge in [-0.15, -0.1) is 18.9 Å². The minimum Gasteiger partial charge on any atom is -0.446 e. The van der Waals surface area contributed by atoms with E-state index in [0.29, 0.717) is 12.8 Å². The van der Waals surface area contributed by atoms with Crippen LogP contribution in [0.25, 0.3) is 0 Å². The third kappa shape index (κ3) is 5.90. The molecule has 1 aliphatic rings. The molecule has 1 heterocycles. The second-order valence-electron chi connectivity index (χ2n) is 10.1. The number of carbonyl (C=O) groups excluding carboxylic acids is 2. The highest BCUT2D eigenvalue weighted by Gasteiger charge is 2.46. The largest absolute Gasteiger partial charge is 0.446 e. The number of imide groups is 1. The Morgan fingerprint density at radius 1 is 1.38 bits per heavy atom. The van der Waals surface area contributed by atoms with Gasteiger partial charge in [0.15, 0.2) is 8.32 Å². The van der Waals surface area contributed by atoms with Crippen LogP contribution >= 0.6 is 0 Å². The fourth-order valence-electron chi connectivity index (χ4n) is 3.62. The van der Waals surface area contributed by atoms with Crippen molar-refractivity contribution < 1.29 is 18.8 Å². The average Bonchev–Trinajstić information content (AvgIpc) is 3.12. The van der Waals surface area contributed by atoms with Crippen LogP contribution in [0.3, 0.4) is 0 Å². The molecule has 1 aromatic carbocycles. The third-order valence-electron chi connectivity index (χ3n) is 6.60. The van der Waals surface area contributed by atoms with E-state index in [9.17, 15) is 9.59 Å². The van der Waals surface area contributed by atoms with Crippen LogP contribution in [0.15, 0.2) is 43.0 Å². The van der Waals surface area contributed by atoms with Gasteiger partial charge in [0.25, 0.3) is 0 Å². The number of rotatable bonds is 9. The predicted octanol–water partition coefficient (Wildman–Crippen LogP) is 5.95. The van der Waals surface area contributed by atoms with Gasteiger partial charge in [0, 0.05) is 5.92 Å². The quantitative estimate of drug-likeness (QED) is 0.262. The number of benzene rings is 1. The molecule has 5 nitrogen and oxygen atoms in total. The summed E-state index contributed by atoms with van der Waals surface area (Å²) in [5.41, 5.74) is 0.864. The first-order chi connectivity index (χ1) is 14.9. The molecular weight excluding hydrogens is 418 g/mol. The van der Waals surface area contributed by atoms with Crippen molar-refractivity contribution in [3.8, 4) is 12.3 Å². The standard InChI is InChI=1S/C26H37NO4Si/c1-9-14-21(23(17-19(3)10-2)31-32(7,8)26(4,5)6)24(28)27-22(18-30-25(27)29)20-15-12-11-13-16-20/h2,9,11-13,15-16,19,21-23H,1,14,17-18H2,3-8H3/t19-,21+,22-,23-/m1/s1. The van der Waals surface area contributed by atoms with Crippen LogP contribution in [-0.4, -0.2) is 37.9 Å². The molecule has 1 saturated heterocycles. The fraction of sp³-hybridized carbons (Fsp3) is 0.538. The van der Waals surface area contributed by atoms with Gasteiger partial charge in [-0.2, -0.15) is 0 Å². The molecular formula is C26H37NO4Si. The highest BCUT2D eigenvalue weighted by atomic mass is 28.4. The maximum Gasteiger partial charge on any atom is 0.417 e. The van der Waals surface area contributed by atoms with Crippen molar-refractivity contribution in [2.45, 2.75) is 70.8 Å². The zero-order valence-corrected chi connectivity index (χ0v) is 21.3. The Bertz CT molecular complexity index is 853. The highest BCUT2D eigenvalue weighted by Crippen LogP contribution is 2.40. The van der Waals surface area contributed by atoms with E-state index >= 15 is 0 Å². The van der Waals surface area contributed by atoms with Crippen molar-refractivity contribution in [1.82, 2.24) is 4.90 Å². The number of hydrogen-bond acceptors (Lipinski definition) is 4. The van der Waals surface area contributed by atoms with E-state index in [4.69, 9.17) is 15.6 Å². The van der Waals surface area contributed by atoms with Gasteiger partial charge in [-0.3, -0.25) is 4.79 Å². The second-order valence-corrected chi connectivity index (χ2v) is 14.8. The maximum absolute atomic E-state index is 13.8. The van der Waals surface area contributed by atoms with Crippen molar-refractivity contribution >= 4 is 20.3 Å². The number of carbonyl (C=O) groups is 2. The molecule has 0 aliphatic carbocycles. The Kier molecular flexibility index (Phi) is 8.50. The van der Waals surface area contributed by atoms with Crippen LogP contribution in [0.1, 0.15) is 52.1 Å². The van der Waals surface area contributed by atoms with Crippen LogP contribution in [0.5, 0.6) is 0 Å². The number of ether oxygens (including phenoxy) is 1. The maximum atomic E-state index is 13.8. The molecule has 0 saturated carbocycles. The Labute approximate surface area is 194 Å². The minimum absolute atomic E-state index is 0.0362. The topological polar surface area (TPSA) is 55.8 Å². The van der Waals surface area contributed by atoms with E-state index in [1.807, 2.05) is 37.3 Å². The minimum atomic E-state index is -2.21. The summed E-state index contributed by atoms with van der Waals surface area (Å²) < 4.78 is 12.0. The molecule has 0 unspecified atom stereocenters. The Morgan fingerprint density at radius 2 is 2.00 bits per heavy atom. The van der Waals surface area contributed by atoms with E-state index in [0.717, 1.165) is 5.56 Å². The van der Waals surface area contributed by atoms with Crippen molar-refractivity contribution in [2.24, 2.45) is 11.8 Å². The molecule has 6 heteroatoms. The molecule has 1 fully saturated rings. The van der Waals surface area contributed by atoms with Gasteiger partial charge in [0.2, 0.25) is 5.91 Å². The molecule has 2 amide bonds. The number of hydrogen-bond donors (Lipinski definition) is 0. The number of cyclic esters (lactones) is 1. The van der Waals surface area contributed by atoms with Gasteiger partial charge in [-0.05, 0) is 36.5 Å². The van der Waals surface area contributed by atoms with Gasteiger partial charge in [0.05, 0.1) is 12.0 Å². The van der Waals surface area contributed by atoms with Gasteiger partial charge < -0.3 is 9.16 Å². The molecule has 0 radical (unpaired) electrons. The molecule has 32 heavy (non-hydrogen) atoms. The molecule has 0 bridgehead atoms. The van der Waals surface area contributed by atoms with E-state index in [1.165, 1.54) is 4.90 Å². The lowest BCUT2D eigenvalue weighted by Gasteiger charge is -2.42. The first kappa shape index (κ1) is 25.9. The van der Waals surface area contributed by atoms with E-state index in [-0.39, 0.29) is 23.5 Å². The SMILES string of the molecule is C#C[C@@H](C)C[C@@H](O[Si](C)(C)C(C)(C)C)[C@H](CC=C)C(=O)N1C(=O)OC[C@@H]1c1ccccc1. The van der Waals surface area contributed by atoms with Crippen LogP contribution < -0.4 is 0 Å². The summed E-state index contributed by atoms with van der Waals surface area (Å²) in [7, 11) is -2.21. The molecule has 0 spiro atoms. The van der Waals surface area contributed by atoms with Crippen LogP contribution in [0, 0.1) is 24.2 Å². The molecule has 1 aromatic rings. The molecule has 174 valence electrons. The summed E-state index contributed by atoms with van der Waals surface area (Å²) in [6.07, 6.45) is 7.28. The van der Waals surface area contributed by atoms with E-state index in [1.54, 1.807) is 6.08 Å². The summed E-state index contributed by atoms with van der Waals surface area (Å²) in [4.78, 5) is 27.7. The molecule has 1 aliphatic heterocycles. The lowest BCUT2D eigenvalue weighted by atomic mass is 9.89. The third-order valence-corrected chi connectivity index (χ3v) is 11.1. The zero-order valence-electron chi connectivity index (χ0n) is 20.3. The van der Waals surface area contributed by atoms with Crippen molar-refractivity contribution in [3.63, 3.8) is 0 Å². The number of amides is 2. The number of terminal acetylenes is 1. The highest BCUT2D eigenvalue weighted by molar-refractivity contribution is 6.74. The monoisotopic (exact) mass is 455 g/mol. The molecule has 0 N–H and O–H groups in total. The lowest BCUT2D eigenvalue weighted by molar-refractivity contribution is -0.137. The Morgan fingerprint density at radius 3 is 2.53 bits per heavy atom. The zero-order chi connectivity index (χ0) is 24.1. The summed E-state index contributed by atoms with van der Waals surface area (Å²) in [5, 5.41) is -0.0362. The van der Waals surface area contributed by atoms with Gasteiger partial charge >= 0.3 is 6.09 Å². The van der Waals surface area contributed by atoms with Gasteiger partial charge in [-0.25, -0.2) is 9.69 Å². The normalized spacial score (nSPS) is 19.6. The first-order valence-corrected chi connectivity index (χ1v) is 14.1. The van der Waals surface area contributed by atoms with Gasteiger partial charge in [-0.1, -0.05) is 64.1 Å². The average molecular weight is 456 g/mol. The number of allylic oxidation sites excluding steroid dienone is 1. The van der Waals surface area contributed by atoms with E-state index in [2.05, 4.69) is 46.4 Å². The molecule has 4 atom stereocenters. The van der Waals surface area contributed by atoms with E-state index < -0.39 is 32.5 Å². The Hall–Kier alpha value is -2.36. The van der Waals surface area contributed by atoms with Crippen molar-refractivity contribution in [1.29, 1.82) is 0 Å². The lowest BCUT2D eigenvalue weighted by Crippen LogP contribution is -2.50. The van der Waals surface area contributed by atoms with Crippen molar-refractivity contribution in [3.05, 3.63) is 48.6 Å².